The standard InChI is InChI=1S/C18H33N3O6S2/c1-11(16(24)25)19-14(22)12(7-9-28-5)20-15(23)13(8-10-29-6)21-17(26)27-18(2,3)4/h11-13H,7-10H2,1-6H3,(H,19,22)(H,20,23)(H,21,26)(H,24,25)/t11-,12+,13-/m1/s1. The summed E-state index contributed by atoms with van der Waals surface area (Å²) in [6.07, 6.45) is 3.71. The predicted octanol–water partition coefficient (Wildman–Crippen LogP) is 1.46. The van der Waals surface area contributed by atoms with Crippen molar-refractivity contribution in [2.45, 2.75) is 64.3 Å². The highest BCUT2D eigenvalue weighted by atomic mass is 32.2. The summed E-state index contributed by atoms with van der Waals surface area (Å²) in [5.41, 5.74) is -0.710. The van der Waals surface area contributed by atoms with Crippen molar-refractivity contribution in [1.29, 1.82) is 0 Å². The Bertz CT molecular complexity index is 568. The van der Waals surface area contributed by atoms with Gasteiger partial charge in [-0.15, -0.1) is 0 Å². The number of amides is 3. The molecule has 0 spiro atoms. The molecule has 3 amide bonds. The van der Waals surface area contributed by atoms with Crippen LogP contribution in [0.2, 0.25) is 0 Å². The van der Waals surface area contributed by atoms with Gasteiger partial charge in [0.05, 0.1) is 0 Å². The minimum absolute atomic E-state index is 0.326. The topological polar surface area (TPSA) is 134 Å². The van der Waals surface area contributed by atoms with Gasteiger partial charge >= 0.3 is 12.1 Å². The zero-order valence-corrected chi connectivity index (χ0v) is 19.5. The van der Waals surface area contributed by atoms with Gasteiger partial charge in [0.2, 0.25) is 11.8 Å². The molecule has 0 aliphatic rings. The van der Waals surface area contributed by atoms with E-state index in [1.54, 1.807) is 20.8 Å². The molecule has 11 heteroatoms. The summed E-state index contributed by atoms with van der Waals surface area (Å²) in [7, 11) is 0. The molecular formula is C18H33N3O6S2. The number of hydrogen-bond donors (Lipinski definition) is 4. The number of rotatable bonds is 12. The average molecular weight is 452 g/mol. The van der Waals surface area contributed by atoms with Crippen LogP contribution < -0.4 is 16.0 Å². The van der Waals surface area contributed by atoms with Crippen molar-refractivity contribution < 1.29 is 29.0 Å². The number of carbonyl (C=O) groups excluding carboxylic acids is 3. The fourth-order valence-corrected chi connectivity index (χ4v) is 3.05. The number of thioether (sulfide) groups is 2. The maximum atomic E-state index is 12.8. The van der Waals surface area contributed by atoms with Crippen molar-refractivity contribution in [2.75, 3.05) is 24.0 Å². The van der Waals surface area contributed by atoms with Crippen molar-refractivity contribution in [3.05, 3.63) is 0 Å². The summed E-state index contributed by atoms with van der Waals surface area (Å²) in [5.74, 6) is -1.06. The Labute approximate surface area is 180 Å². The van der Waals surface area contributed by atoms with Crippen LogP contribution in [-0.4, -0.2) is 76.7 Å². The van der Waals surface area contributed by atoms with E-state index in [1.807, 2.05) is 12.5 Å². The lowest BCUT2D eigenvalue weighted by molar-refractivity contribution is -0.141. The lowest BCUT2D eigenvalue weighted by Crippen LogP contribution is -2.56. The smallest absolute Gasteiger partial charge is 0.408 e. The maximum Gasteiger partial charge on any atom is 0.408 e. The molecular weight excluding hydrogens is 418 g/mol. The van der Waals surface area contributed by atoms with Gasteiger partial charge in [-0.2, -0.15) is 23.5 Å². The number of hydrogen-bond acceptors (Lipinski definition) is 7. The van der Waals surface area contributed by atoms with E-state index in [2.05, 4.69) is 16.0 Å². The van der Waals surface area contributed by atoms with E-state index in [0.29, 0.717) is 24.3 Å². The number of nitrogens with one attached hydrogen (secondary N) is 3. The van der Waals surface area contributed by atoms with Gasteiger partial charge in [0.25, 0.3) is 0 Å². The second-order valence-corrected chi connectivity index (χ2v) is 9.36. The third-order valence-corrected chi connectivity index (χ3v) is 4.88. The van der Waals surface area contributed by atoms with Crippen molar-refractivity contribution in [3.8, 4) is 0 Å². The van der Waals surface area contributed by atoms with Crippen molar-refractivity contribution in [3.63, 3.8) is 0 Å². The summed E-state index contributed by atoms with van der Waals surface area (Å²) in [5, 5.41) is 16.5. The molecule has 0 aliphatic carbocycles. The van der Waals surface area contributed by atoms with E-state index < -0.39 is 47.6 Å². The summed E-state index contributed by atoms with van der Waals surface area (Å²) in [6.45, 7) is 6.50. The summed E-state index contributed by atoms with van der Waals surface area (Å²) < 4.78 is 5.21. The van der Waals surface area contributed by atoms with Crippen molar-refractivity contribution in [1.82, 2.24) is 16.0 Å². The van der Waals surface area contributed by atoms with Crippen LogP contribution in [-0.2, 0) is 19.1 Å². The van der Waals surface area contributed by atoms with Crippen LogP contribution in [0.3, 0.4) is 0 Å². The molecule has 3 atom stereocenters. The van der Waals surface area contributed by atoms with Crippen molar-refractivity contribution >= 4 is 47.4 Å². The van der Waals surface area contributed by atoms with Gasteiger partial charge in [-0.05, 0) is 64.6 Å². The van der Waals surface area contributed by atoms with E-state index in [9.17, 15) is 19.2 Å². The Morgan fingerprint density at radius 3 is 1.76 bits per heavy atom. The molecule has 168 valence electrons. The Hall–Kier alpha value is -1.62. The SMILES string of the molecule is CSCC[C@H](NC(=O)[C@@H](CCSC)NC(=O)OC(C)(C)C)C(=O)N[C@H](C)C(=O)O. The van der Waals surface area contributed by atoms with Gasteiger partial charge < -0.3 is 25.8 Å². The number of aliphatic carboxylic acids is 1. The highest BCUT2D eigenvalue weighted by molar-refractivity contribution is 7.98. The molecule has 0 heterocycles. The van der Waals surface area contributed by atoms with Crippen LogP contribution in [0.1, 0.15) is 40.5 Å². The Kier molecular flexibility index (Phi) is 12.8. The molecule has 9 nitrogen and oxygen atoms in total. The molecule has 0 radical (unpaired) electrons. The number of carbonyl (C=O) groups is 4. The molecule has 4 N–H and O–H groups in total. The summed E-state index contributed by atoms with van der Waals surface area (Å²) in [6, 6.07) is -2.86. The van der Waals surface area contributed by atoms with Crippen LogP contribution in [0.15, 0.2) is 0 Å². The Morgan fingerprint density at radius 1 is 0.897 bits per heavy atom. The summed E-state index contributed by atoms with van der Waals surface area (Å²) >= 11 is 3.02. The van der Waals surface area contributed by atoms with Crippen LogP contribution in [0.5, 0.6) is 0 Å². The van der Waals surface area contributed by atoms with Gasteiger partial charge in [0.15, 0.2) is 0 Å². The fraction of sp³-hybridized carbons (Fsp3) is 0.778. The Morgan fingerprint density at radius 2 is 1.34 bits per heavy atom. The third-order valence-electron chi connectivity index (χ3n) is 3.59. The Balaban J connectivity index is 5.19. The maximum absolute atomic E-state index is 12.8. The largest absolute Gasteiger partial charge is 0.480 e. The second kappa shape index (κ2) is 13.6. The van der Waals surface area contributed by atoms with E-state index in [1.165, 1.54) is 30.4 Å². The van der Waals surface area contributed by atoms with Crippen molar-refractivity contribution in [2.24, 2.45) is 0 Å². The van der Waals surface area contributed by atoms with Gasteiger partial charge in [-0.3, -0.25) is 14.4 Å². The molecule has 29 heavy (non-hydrogen) atoms. The van der Waals surface area contributed by atoms with Gasteiger partial charge in [-0.1, -0.05) is 0 Å². The lowest BCUT2D eigenvalue weighted by Gasteiger charge is -2.25. The van der Waals surface area contributed by atoms with Gasteiger partial charge in [0.1, 0.15) is 23.7 Å². The molecule has 0 fully saturated rings. The normalized spacial score (nSPS) is 14.3. The quantitative estimate of drug-likeness (QED) is 0.350. The molecule has 0 aromatic carbocycles. The zero-order chi connectivity index (χ0) is 22.6. The highest BCUT2D eigenvalue weighted by Crippen LogP contribution is 2.09. The minimum atomic E-state index is -1.17. The van der Waals surface area contributed by atoms with Gasteiger partial charge in [-0.25, -0.2) is 4.79 Å². The first-order valence-corrected chi connectivity index (χ1v) is 12.0. The van der Waals surface area contributed by atoms with Crippen LogP contribution >= 0.6 is 23.5 Å². The lowest BCUT2D eigenvalue weighted by atomic mass is 10.1. The van der Waals surface area contributed by atoms with E-state index >= 15 is 0 Å². The molecule has 0 rings (SSSR count). The average Bonchev–Trinajstić information content (AvgIpc) is 2.59. The monoisotopic (exact) mass is 451 g/mol. The number of alkyl carbamates (subject to hydrolysis) is 1. The number of carboxylic acid groups (broad SMARTS) is 1. The minimum Gasteiger partial charge on any atom is -0.480 e. The molecule has 0 aromatic rings. The number of ether oxygens (including phenoxy) is 1. The van der Waals surface area contributed by atoms with E-state index in [0.717, 1.165) is 0 Å². The summed E-state index contributed by atoms with van der Waals surface area (Å²) in [4.78, 5) is 48.3. The first-order chi connectivity index (χ1) is 13.4. The third kappa shape index (κ3) is 12.5. The predicted molar refractivity (Wildman–Crippen MR) is 116 cm³/mol. The molecule has 0 aromatic heterocycles. The first-order valence-electron chi connectivity index (χ1n) is 9.22. The molecule has 0 saturated heterocycles. The molecule has 0 saturated carbocycles. The van der Waals surface area contributed by atoms with Crippen LogP contribution in [0.4, 0.5) is 4.79 Å². The molecule has 0 bridgehead atoms. The fourth-order valence-electron chi connectivity index (χ4n) is 2.11. The van der Waals surface area contributed by atoms with E-state index in [-0.39, 0.29) is 0 Å². The number of carboxylic acids is 1. The van der Waals surface area contributed by atoms with E-state index in [4.69, 9.17) is 9.84 Å². The highest BCUT2D eigenvalue weighted by Gasteiger charge is 2.29. The van der Waals surface area contributed by atoms with Crippen LogP contribution in [0.25, 0.3) is 0 Å². The second-order valence-electron chi connectivity index (χ2n) is 7.39. The zero-order valence-electron chi connectivity index (χ0n) is 17.9. The molecule has 0 aliphatic heterocycles. The van der Waals surface area contributed by atoms with Gasteiger partial charge in [0, 0.05) is 0 Å². The first kappa shape index (κ1) is 27.4. The van der Waals surface area contributed by atoms with Crippen LogP contribution in [0, 0.1) is 0 Å². The molecule has 0 unspecified atom stereocenters.